The maximum atomic E-state index is 14.9. The van der Waals surface area contributed by atoms with Crippen molar-refractivity contribution in [3.8, 4) is 0 Å². The summed E-state index contributed by atoms with van der Waals surface area (Å²) < 4.78 is 35.2. The molecule has 0 radical (unpaired) electrons. The summed E-state index contributed by atoms with van der Waals surface area (Å²) in [5.74, 6) is -5.20. The number of benzene rings is 1. The first-order chi connectivity index (χ1) is 30.2. The number of thiocarbonyl (C=S) groups is 1. The van der Waals surface area contributed by atoms with Gasteiger partial charge in [0, 0.05) is 36.1 Å². The highest BCUT2D eigenvalue weighted by atomic mass is 32.1. The summed E-state index contributed by atoms with van der Waals surface area (Å²) in [6.45, 7) is 20.7. The molecular formula is C51H78N2O10S. The Bertz CT molecular complexity index is 1890. The van der Waals surface area contributed by atoms with E-state index in [-0.39, 0.29) is 35.7 Å². The molecular weight excluding hydrogens is 833 g/mol. The molecule has 2 unspecified atom stereocenters. The average Bonchev–Trinajstić information content (AvgIpc) is 3.73. The van der Waals surface area contributed by atoms with Gasteiger partial charge in [-0.3, -0.25) is 9.59 Å². The molecule has 358 valence electrons. The molecule has 5 N–H and O–H groups in total. The first kappa shape index (κ1) is 49.4. The van der Waals surface area contributed by atoms with Gasteiger partial charge in [-0.1, -0.05) is 91.8 Å². The first-order valence-electron chi connectivity index (χ1n) is 24.5. The topological polar surface area (TPSA) is 165 Å². The fourth-order valence-electron chi connectivity index (χ4n) is 12.7. The number of hydrogen-bond acceptors (Lipinski definition) is 10. The smallest absolute Gasteiger partial charge is 0.309 e. The minimum Gasteiger partial charge on any atom is -0.481 e. The lowest BCUT2D eigenvalue weighted by atomic mass is 9.72. The van der Waals surface area contributed by atoms with Gasteiger partial charge in [0.1, 0.15) is 11.8 Å². The number of hydrogen-bond donors (Lipinski definition) is 5. The molecule has 6 aliphatic rings. The lowest BCUT2D eigenvalue weighted by Crippen LogP contribution is -2.66. The van der Waals surface area contributed by atoms with E-state index in [2.05, 4.69) is 44.4 Å². The Kier molecular flexibility index (Phi) is 14.3. The van der Waals surface area contributed by atoms with Crippen molar-refractivity contribution in [2.75, 3.05) is 0 Å². The van der Waals surface area contributed by atoms with E-state index in [1.807, 2.05) is 78.0 Å². The van der Waals surface area contributed by atoms with Gasteiger partial charge in [-0.05, 0) is 114 Å². The summed E-state index contributed by atoms with van der Waals surface area (Å²) >= 11 is 5.89. The second kappa shape index (κ2) is 18.5. The van der Waals surface area contributed by atoms with Crippen LogP contribution in [-0.4, -0.2) is 97.1 Å². The standard InChI is InChI=1S/C51H78N2O10S/c1-11-36(44(56)57)38-20-19-31(5)49(60-38)29-46(49,9)43(55)33(7)41(54)37(12-2)42-30(4)27-32(6)50(61-42)24-21-39(53-45(64)52-28-35-17-15-14-16-18-35)51(63-50)26-25-47(10,62-51)40-22-23-48(58,13-3)34(8)59-40/h14-18,21,24,30-34,36-40,42-43,55,58H,11-13,19-20,22-23,25-29H2,1-10H3,(H,56,57)(H2,52,53,64)/t30-,31-,32+,33+,34-,36+,37?,38+,39+,40+,42-,43+,46?,47-,48+,49+,50-,51-/m0/s1. The number of rotatable bonds is 14. The van der Waals surface area contributed by atoms with Gasteiger partial charge in [0.05, 0.1) is 53.2 Å². The van der Waals surface area contributed by atoms with Crippen LogP contribution < -0.4 is 10.6 Å². The van der Waals surface area contributed by atoms with Crippen LogP contribution in [0.25, 0.3) is 0 Å². The zero-order valence-electron chi connectivity index (χ0n) is 40.1. The second-order valence-corrected chi connectivity index (χ2v) is 21.7. The number of carbonyl (C=O) groups is 2. The predicted octanol–water partition coefficient (Wildman–Crippen LogP) is 8.00. The van der Waals surface area contributed by atoms with Gasteiger partial charge < -0.3 is 49.6 Å². The maximum Gasteiger partial charge on any atom is 0.309 e. The van der Waals surface area contributed by atoms with Gasteiger partial charge in [0.15, 0.2) is 16.7 Å². The Balaban J connectivity index is 1.12. The fourth-order valence-corrected chi connectivity index (χ4v) is 12.9. The summed E-state index contributed by atoms with van der Waals surface area (Å²) in [5.41, 5.74) is -1.92. The molecule has 0 amide bonds. The Morgan fingerprint density at radius 3 is 2.27 bits per heavy atom. The SMILES string of the molecule is CCC(C(=O)[C@@H](C)[C@@H](O)C1(C)C[C@]12O[C@@H]([C@@H](CC)C(=O)O)CC[C@@H]2C)[C@H]1O[C@]2(C=C[C@@H](NC(=S)NCc3ccccc3)[C@]3(CC[C@@](C)([C@H]4CC[C@](O)(CC)[C@H](C)O4)O3)O2)[C@H](C)C[C@@H]1C. The largest absolute Gasteiger partial charge is 0.481 e. The van der Waals surface area contributed by atoms with E-state index in [9.17, 15) is 24.9 Å². The number of aliphatic hydroxyl groups excluding tert-OH is 1. The van der Waals surface area contributed by atoms with Gasteiger partial charge in [-0.25, -0.2) is 0 Å². The van der Waals surface area contributed by atoms with Gasteiger partial charge in [0.25, 0.3) is 0 Å². The lowest BCUT2D eigenvalue weighted by Gasteiger charge is -2.55. The highest BCUT2D eigenvalue weighted by Crippen LogP contribution is 2.68. The molecule has 1 aliphatic carbocycles. The number of carbonyl (C=O) groups excluding carboxylic acids is 1. The zero-order valence-corrected chi connectivity index (χ0v) is 40.9. The molecule has 0 bridgehead atoms. The number of aliphatic carboxylic acids is 1. The molecule has 12 nitrogen and oxygen atoms in total. The van der Waals surface area contributed by atoms with E-state index in [4.69, 9.17) is 35.9 Å². The summed E-state index contributed by atoms with van der Waals surface area (Å²) in [6, 6.07) is 9.58. The summed E-state index contributed by atoms with van der Waals surface area (Å²) in [5, 5.41) is 40.8. The van der Waals surface area contributed by atoms with Crippen molar-refractivity contribution >= 4 is 29.1 Å². The number of ether oxygens (including phenoxy) is 5. The molecule has 5 heterocycles. The van der Waals surface area contributed by atoms with E-state index >= 15 is 0 Å². The number of nitrogens with one attached hydrogen (secondary N) is 2. The number of carboxylic acids is 1. The van der Waals surface area contributed by atoms with Gasteiger partial charge >= 0.3 is 5.97 Å². The third kappa shape index (κ3) is 8.76. The summed E-state index contributed by atoms with van der Waals surface area (Å²) in [6.07, 6.45) is 8.24. The van der Waals surface area contributed by atoms with Crippen LogP contribution in [0.3, 0.4) is 0 Å². The predicted molar refractivity (Wildman–Crippen MR) is 248 cm³/mol. The Labute approximate surface area is 387 Å². The molecule has 1 aromatic rings. The van der Waals surface area contributed by atoms with Crippen LogP contribution >= 0.6 is 12.2 Å². The van der Waals surface area contributed by atoms with Crippen LogP contribution in [0.4, 0.5) is 0 Å². The third-order valence-corrected chi connectivity index (χ3v) is 17.6. The van der Waals surface area contributed by atoms with E-state index in [1.54, 1.807) is 0 Å². The van der Waals surface area contributed by atoms with Crippen molar-refractivity contribution in [1.29, 1.82) is 0 Å². The molecule has 0 aromatic heterocycles. The minimum absolute atomic E-state index is 0.00828. The Hall–Kier alpha value is -2.49. The van der Waals surface area contributed by atoms with Crippen molar-refractivity contribution in [2.45, 2.75) is 211 Å². The van der Waals surface area contributed by atoms with E-state index in [1.165, 1.54) is 0 Å². The molecule has 7 rings (SSSR count). The lowest BCUT2D eigenvalue weighted by molar-refractivity contribution is -0.397. The quantitative estimate of drug-likeness (QED) is 0.0902. The molecule has 5 fully saturated rings. The van der Waals surface area contributed by atoms with Crippen molar-refractivity contribution in [3.63, 3.8) is 0 Å². The molecule has 1 aromatic carbocycles. The number of Topliss-reactive ketones (excluding diaryl/α,β-unsaturated/α-hetero) is 1. The van der Waals surface area contributed by atoms with Crippen molar-refractivity contribution in [2.24, 2.45) is 40.9 Å². The van der Waals surface area contributed by atoms with Gasteiger partial charge in [0.2, 0.25) is 0 Å². The highest BCUT2D eigenvalue weighted by molar-refractivity contribution is 7.80. The van der Waals surface area contributed by atoms with Crippen LogP contribution in [-0.2, 0) is 39.8 Å². The number of ketones is 1. The molecule has 4 saturated heterocycles. The Morgan fingerprint density at radius 2 is 1.62 bits per heavy atom. The summed E-state index contributed by atoms with van der Waals surface area (Å²) in [7, 11) is 0. The van der Waals surface area contributed by atoms with Gasteiger partial charge in [-0.2, -0.15) is 0 Å². The molecule has 13 heteroatoms. The average molecular weight is 911 g/mol. The molecule has 1 saturated carbocycles. The number of carboxylic acid groups (broad SMARTS) is 1. The maximum absolute atomic E-state index is 14.9. The third-order valence-electron chi connectivity index (χ3n) is 17.3. The van der Waals surface area contributed by atoms with E-state index in [0.717, 1.165) is 18.4 Å². The van der Waals surface area contributed by atoms with Crippen LogP contribution in [0.5, 0.6) is 0 Å². The summed E-state index contributed by atoms with van der Waals surface area (Å²) in [4.78, 5) is 27.0. The van der Waals surface area contributed by atoms with E-state index < -0.39 is 81.9 Å². The van der Waals surface area contributed by atoms with E-state index in [0.29, 0.717) is 69.4 Å². The first-order valence-corrected chi connectivity index (χ1v) is 24.9. The zero-order chi connectivity index (χ0) is 46.6. The van der Waals surface area contributed by atoms with Crippen LogP contribution in [0.15, 0.2) is 42.5 Å². The van der Waals surface area contributed by atoms with Gasteiger partial charge in [-0.15, -0.1) is 0 Å². The van der Waals surface area contributed by atoms with Crippen molar-refractivity contribution < 1.29 is 48.6 Å². The second-order valence-electron chi connectivity index (χ2n) is 21.3. The normalized spacial score (nSPS) is 43.7. The number of aliphatic hydroxyl groups is 2. The van der Waals surface area contributed by atoms with Crippen LogP contribution in [0.1, 0.15) is 145 Å². The molecule has 18 atom stereocenters. The minimum atomic E-state index is -1.23. The Morgan fingerprint density at radius 1 is 0.922 bits per heavy atom. The molecule has 64 heavy (non-hydrogen) atoms. The van der Waals surface area contributed by atoms with Crippen molar-refractivity contribution in [3.05, 3.63) is 48.0 Å². The highest BCUT2D eigenvalue weighted by Gasteiger charge is 2.74. The molecule has 5 aliphatic heterocycles. The van der Waals surface area contributed by atoms with Crippen LogP contribution in [0.2, 0.25) is 0 Å². The van der Waals surface area contributed by atoms with Crippen LogP contribution in [0, 0.1) is 40.9 Å². The van der Waals surface area contributed by atoms with Crippen molar-refractivity contribution in [1.82, 2.24) is 10.6 Å². The fraction of sp³-hybridized carbons (Fsp3) is 0.784. The molecule has 3 spiro atoms. The monoisotopic (exact) mass is 911 g/mol.